The molecule has 1 aliphatic rings. The molecule has 0 aromatic heterocycles. The first-order valence-electron chi connectivity index (χ1n) is 10.5. The molecule has 0 saturated carbocycles. The lowest BCUT2D eigenvalue weighted by atomic mass is 9.95. The summed E-state index contributed by atoms with van der Waals surface area (Å²) in [5.41, 5.74) is 3.38. The fourth-order valence-corrected chi connectivity index (χ4v) is 3.67. The van der Waals surface area contributed by atoms with Gasteiger partial charge < -0.3 is 20.7 Å². The van der Waals surface area contributed by atoms with Gasteiger partial charge in [0, 0.05) is 13.1 Å². The van der Waals surface area contributed by atoms with Crippen LogP contribution in [0.5, 0.6) is 5.75 Å². The summed E-state index contributed by atoms with van der Waals surface area (Å²) in [5, 5.41) is 9.21. The third-order valence-electron chi connectivity index (χ3n) is 5.36. The monoisotopic (exact) mass is 445 g/mol. The minimum atomic E-state index is -0.560. The number of hydrogen-bond donors (Lipinski definition) is 3. The Balaban J connectivity index is 0.00000341. The SMILES string of the molecule is COc1ccc(CNC(=O)[C@@H](CC(C)C)NC(=O)[C@@H]2Cc3ccccc3CN2)cc1.Cl. The number of hydrogen-bond acceptors (Lipinski definition) is 4. The lowest BCUT2D eigenvalue weighted by molar-refractivity contribution is -0.130. The van der Waals surface area contributed by atoms with Crippen molar-refractivity contribution in [3.05, 3.63) is 65.2 Å². The number of rotatable bonds is 8. The van der Waals surface area contributed by atoms with Gasteiger partial charge in [0.25, 0.3) is 0 Å². The standard InChI is InChI=1S/C24H31N3O3.ClH/c1-16(2)12-22(23(28)26-14-17-8-10-20(30-3)11-9-17)27-24(29)21-13-18-6-4-5-7-19(18)15-25-21;/h4-11,16,21-22,25H,12-15H2,1-3H3,(H,26,28)(H,27,29);1H/t21-,22+;/m0./s1. The lowest BCUT2D eigenvalue weighted by Crippen LogP contribution is -2.54. The van der Waals surface area contributed by atoms with Crippen molar-refractivity contribution in [3.8, 4) is 5.75 Å². The molecule has 6 nitrogen and oxygen atoms in total. The molecule has 168 valence electrons. The highest BCUT2D eigenvalue weighted by Crippen LogP contribution is 2.17. The van der Waals surface area contributed by atoms with Crippen LogP contribution in [0.25, 0.3) is 0 Å². The molecule has 3 rings (SSSR count). The smallest absolute Gasteiger partial charge is 0.242 e. The lowest BCUT2D eigenvalue weighted by Gasteiger charge is -2.28. The molecule has 2 atom stereocenters. The summed E-state index contributed by atoms with van der Waals surface area (Å²) in [6, 6.07) is 14.8. The summed E-state index contributed by atoms with van der Waals surface area (Å²) in [6.07, 6.45) is 1.22. The van der Waals surface area contributed by atoms with Crippen molar-refractivity contribution in [1.29, 1.82) is 0 Å². The van der Waals surface area contributed by atoms with Gasteiger partial charge in [-0.15, -0.1) is 12.4 Å². The first-order chi connectivity index (χ1) is 14.5. The Morgan fingerprint density at radius 3 is 2.42 bits per heavy atom. The molecular formula is C24H32ClN3O3. The van der Waals surface area contributed by atoms with Crippen LogP contribution in [0.2, 0.25) is 0 Å². The van der Waals surface area contributed by atoms with Gasteiger partial charge >= 0.3 is 0 Å². The maximum absolute atomic E-state index is 12.9. The third-order valence-corrected chi connectivity index (χ3v) is 5.36. The Labute approximate surface area is 190 Å². The van der Waals surface area contributed by atoms with E-state index in [-0.39, 0.29) is 36.2 Å². The topological polar surface area (TPSA) is 79.5 Å². The largest absolute Gasteiger partial charge is 0.497 e. The predicted octanol–water partition coefficient (Wildman–Crippen LogP) is 2.98. The third kappa shape index (κ3) is 6.97. The number of ether oxygens (including phenoxy) is 1. The summed E-state index contributed by atoms with van der Waals surface area (Å²) in [7, 11) is 1.62. The Hall–Kier alpha value is -2.57. The molecule has 0 bridgehead atoms. The van der Waals surface area contributed by atoms with Crippen molar-refractivity contribution in [2.24, 2.45) is 5.92 Å². The highest BCUT2D eigenvalue weighted by atomic mass is 35.5. The fraction of sp³-hybridized carbons (Fsp3) is 0.417. The Bertz CT molecular complexity index is 871. The minimum absolute atomic E-state index is 0. The highest BCUT2D eigenvalue weighted by Gasteiger charge is 2.28. The van der Waals surface area contributed by atoms with E-state index in [2.05, 4.69) is 28.1 Å². The van der Waals surface area contributed by atoms with E-state index in [1.807, 2.05) is 50.2 Å². The van der Waals surface area contributed by atoms with Gasteiger partial charge in [0.2, 0.25) is 11.8 Å². The molecule has 2 amide bonds. The number of carbonyl (C=O) groups excluding carboxylic acids is 2. The van der Waals surface area contributed by atoms with Gasteiger partial charge in [0.1, 0.15) is 11.8 Å². The average molecular weight is 446 g/mol. The van der Waals surface area contributed by atoms with Crippen LogP contribution in [0, 0.1) is 5.92 Å². The molecular weight excluding hydrogens is 414 g/mol. The van der Waals surface area contributed by atoms with Crippen LogP contribution in [0.1, 0.15) is 37.0 Å². The summed E-state index contributed by atoms with van der Waals surface area (Å²) < 4.78 is 5.16. The fourth-order valence-electron chi connectivity index (χ4n) is 3.67. The zero-order valence-electron chi connectivity index (χ0n) is 18.3. The van der Waals surface area contributed by atoms with Gasteiger partial charge in [-0.1, -0.05) is 50.2 Å². The Morgan fingerprint density at radius 1 is 1.10 bits per heavy atom. The molecule has 0 radical (unpaired) electrons. The summed E-state index contributed by atoms with van der Waals surface area (Å²) in [6.45, 7) is 5.16. The minimum Gasteiger partial charge on any atom is -0.497 e. The summed E-state index contributed by atoms with van der Waals surface area (Å²) >= 11 is 0. The highest BCUT2D eigenvalue weighted by molar-refractivity contribution is 5.90. The van der Waals surface area contributed by atoms with E-state index in [0.29, 0.717) is 25.9 Å². The van der Waals surface area contributed by atoms with Crippen molar-refractivity contribution < 1.29 is 14.3 Å². The number of nitrogens with one attached hydrogen (secondary N) is 3. The second kappa shape index (κ2) is 11.7. The van der Waals surface area contributed by atoms with Gasteiger partial charge in [-0.05, 0) is 47.6 Å². The van der Waals surface area contributed by atoms with Gasteiger partial charge in [-0.2, -0.15) is 0 Å². The van der Waals surface area contributed by atoms with Crippen LogP contribution < -0.4 is 20.7 Å². The van der Waals surface area contributed by atoms with Crippen LogP contribution in [-0.4, -0.2) is 31.0 Å². The van der Waals surface area contributed by atoms with E-state index >= 15 is 0 Å². The van der Waals surface area contributed by atoms with E-state index in [4.69, 9.17) is 4.74 Å². The molecule has 0 spiro atoms. The maximum atomic E-state index is 12.9. The number of methoxy groups -OCH3 is 1. The van der Waals surface area contributed by atoms with Crippen LogP contribution in [0.4, 0.5) is 0 Å². The van der Waals surface area contributed by atoms with Crippen LogP contribution in [-0.2, 0) is 29.1 Å². The van der Waals surface area contributed by atoms with Gasteiger partial charge in [-0.3, -0.25) is 9.59 Å². The second-order valence-corrected chi connectivity index (χ2v) is 8.16. The van der Waals surface area contributed by atoms with Crippen molar-refractivity contribution in [2.75, 3.05) is 7.11 Å². The first kappa shape index (κ1) is 24.7. The Morgan fingerprint density at radius 2 is 1.77 bits per heavy atom. The van der Waals surface area contributed by atoms with Gasteiger partial charge in [-0.25, -0.2) is 0 Å². The molecule has 31 heavy (non-hydrogen) atoms. The molecule has 2 aromatic carbocycles. The summed E-state index contributed by atoms with van der Waals surface area (Å²) in [4.78, 5) is 25.7. The van der Waals surface area contributed by atoms with E-state index in [9.17, 15) is 9.59 Å². The number of benzene rings is 2. The molecule has 3 N–H and O–H groups in total. The van der Waals surface area contributed by atoms with Crippen molar-refractivity contribution in [3.63, 3.8) is 0 Å². The quantitative estimate of drug-likeness (QED) is 0.583. The number of amides is 2. The molecule has 2 aromatic rings. The molecule has 1 heterocycles. The van der Waals surface area contributed by atoms with Crippen LogP contribution in [0.3, 0.4) is 0 Å². The van der Waals surface area contributed by atoms with E-state index in [1.165, 1.54) is 11.1 Å². The number of fused-ring (bicyclic) bond motifs is 1. The van der Waals surface area contributed by atoms with Crippen molar-refractivity contribution in [2.45, 2.75) is 51.9 Å². The zero-order chi connectivity index (χ0) is 21.5. The first-order valence-corrected chi connectivity index (χ1v) is 10.5. The van der Waals surface area contributed by atoms with E-state index in [0.717, 1.165) is 11.3 Å². The van der Waals surface area contributed by atoms with Gasteiger partial charge in [0.05, 0.1) is 13.2 Å². The van der Waals surface area contributed by atoms with Crippen molar-refractivity contribution in [1.82, 2.24) is 16.0 Å². The maximum Gasteiger partial charge on any atom is 0.242 e. The molecule has 0 saturated heterocycles. The van der Waals surface area contributed by atoms with Crippen molar-refractivity contribution >= 4 is 24.2 Å². The van der Waals surface area contributed by atoms with Crippen LogP contribution in [0.15, 0.2) is 48.5 Å². The molecule has 7 heteroatoms. The normalized spacial score (nSPS) is 15.9. The second-order valence-electron chi connectivity index (χ2n) is 8.16. The predicted molar refractivity (Wildman–Crippen MR) is 124 cm³/mol. The van der Waals surface area contributed by atoms with Crippen LogP contribution >= 0.6 is 12.4 Å². The molecule has 0 fully saturated rings. The average Bonchev–Trinajstić information content (AvgIpc) is 2.76. The zero-order valence-corrected chi connectivity index (χ0v) is 19.1. The van der Waals surface area contributed by atoms with Gasteiger partial charge in [0.15, 0.2) is 0 Å². The van der Waals surface area contributed by atoms with E-state index in [1.54, 1.807) is 7.11 Å². The number of halogens is 1. The summed E-state index contributed by atoms with van der Waals surface area (Å²) in [5.74, 6) is 0.762. The Kier molecular flexibility index (Phi) is 9.34. The molecule has 0 aliphatic carbocycles. The number of carbonyl (C=O) groups is 2. The van der Waals surface area contributed by atoms with E-state index < -0.39 is 6.04 Å². The molecule has 1 aliphatic heterocycles. The molecule has 0 unspecified atom stereocenters.